The summed E-state index contributed by atoms with van der Waals surface area (Å²) in [7, 11) is 0. The molecule has 1 aromatic rings. The van der Waals surface area contributed by atoms with E-state index in [0.29, 0.717) is 36.2 Å². The fourth-order valence-electron chi connectivity index (χ4n) is 3.96. The van der Waals surface area contributed by atoms with Crippen molar-refractivity contribution in [2.24, 2.45) is 5.73 Å². The van der Waals surface area contributed by atoms with Crippen molar-refractivity contribution in [2.45, 2.75) is 70.7 Å². The number of piperidine rings is 1. The number of alkyl carbamates (subject to hydrolysis) is 1. The van der Waals surface area contributed by atoms with Crippen LogP contribution in [0.15, 0.2) is 18.2 Å². The lowest BCUT2D eigenvalue weighted by molar-refractivity contribution is -0.137. The molecule has 34 heavy (non-hydrogen) atoms. The molecule has 0 aliphatic carbocycles. The summed E-state index contributed by atoms with van der Waals surface area (Å²) in [5, 5.41) is 7.65. The number of nitrogens with one attached hydrogen (secondary N) is 3. The van der Waals surface area contributed by atoms with E-state index < -0.39 is 35.6 Å². The Kier molecular flexibility index (Phi) is 7.55. The molecule has 1 saturated heterocycles. The second-order valence-corrected chi connectivity index (χ2v) is 9.35. The molecule has 2 aliphatic rings. The molecule has 2 heterocycles. The number of anilines is 1. The molecule has 11 nitrogen and oxygen atoms in total. The van der Waals surface area contributed by atoms with Gasteiger partial charge < -0.3 is 26.0 Å². The number of nitrogens with two attached hydrogens (primary N) is 1. The van der Waals surface area contributed by atoms with E-state index in [0.717, 1.165) is 0 Å². The molecule has 1 unspecified atom stereocenters. The molecule has 0 spiro atoms. The highest BCUT2D eigenvalue weighted by molar-refractivity contribution is 6.07. The number of ether oxygens (including phenoxy) is 1. The van der Waals surface area contributed by atoms with Crippen LogP contribution in [0.4, 0.5) is 10.5 Å². The normalized spacial score (nSPS) is 18.8. The van der Waals surface area contributed by atoms with Gasteiger partial charge in [0.1, 0.15) is 17.7 Å². The van der Waals surface area contributed by atoms with Crippen molar-refractivity contribution in [3.8, 4) is 0 Å². The Balaban J connectivity index is 1.75. The van der Waals surface area contributed by atoms with E-state index in [1.54, 1.807) is 39.0 Å². The molecule has 1 fully saturated rings. The van der Waals surface area contributed by atoms with Crippen LogP contribution in [0.25, 0.3) is 0 Å². The second-order valence-electron chi connectivity index (χ2n) is 9.35. The SMILES string of the molecule is CC(C)(C)OC(=O)N[C@H](CCCN)C(=O)Nc1cccc2c1CN(C1CCC(=O)NC1=O)C2=O. The molecular weight excluding hydrogens is 442 g/mol. The van der Waals surface area contributed by atoms with Gasteiger partial charge in [0.2, 0.25) is 17.7 Å². The summed E-state index contributed by atoms with van der Waals surface area (Å²) in [6.07, 6.45) is 0.481. The first kappa shape index (κ1) is 25.2. The smallest absolute Gasteiger partial charge is 0.408 e. The number of fused-ring (bicyclic) bond motifs is 1. The molecule has 2 atom stereocenters. The average Bonchev–Trinajstić information content (AvgIpc) is 3.07. The summed E-state index contributed by atoms with van der Waals surface area (Å²) < 4.78 is 5.26. The number of rotatable bonds is 7. The van der Waals surface area contributed by atoms with E-state index in [-0.39, 0.29) is 31.2 Å². The van der Waals surface area contributed by atoms with Crippen LogP contribution in [0, 0.1) is 0 Å². The summed E-state index contributed by atoms with van der Waals surface area (Å²) in [6.45, 7) is 5.62. The number of carbonyl (C=O) groups excluding carboxylic acids is 5. The van der Waals surface area contributed by atoms with Gasteiger partial charge in [0.25, 0.3) is 5.91 Å². The summed E-state index contributed by atoms with van der Waals surface area (Å²) >= 11 is 0. The highest BCUT2D eigenvalue weighted by Crippen LogP contribution is 2.32. The molecule has 11 heteroatoms. The van der Waals surface area contributed by atoms with E-state index in [2.05, 4.69) is 16.0 Å². The molecule has 1 aromatic carbocycles. The Morgan fingerprint density at radius 2 is 2.00 bits per heavy atom. The fraction of sp³-hybridized carbons (Fsp3) is 0.522. The van der Waals surface area contributed by atoms with Gasteiger partial charge in [-0.25, -0.2) is 4.79 Å². The first-order valence-electron chi connectivity index (χ1n) is 11.3. The molecular formula is C23H31N5O6. The molecule has 5 amide bonds. The molecule has 5 N–H and O–H groups in total. The first-order chi connectivity index (χ1) is 16.0. The third-order valence-electron chi connectivity index (χ3n) is 5.54. The van der Waals surface area contributed by atoms with E-state index >= 15 is 0 Å². The van der Waals surface area contributed by atoms with Gasteiger partial charge in [0, 0.05) is 29.8 Å². The molecule has 0 aromatic heterocycles. The molecule has 184 valence electrons. The van der Waals surface area contributed by atoms with Crippen LogP contribution in [0.1, 0.15) is 62.4 Å². The van der Waals surface area contributed by atoms with Gasteiger partial charge in [-0.15, -0.1) is 0 Å². The van der Waals surface area contributed by atoms with Gasteiger partial charge in [-0.05, 0) is 58.7 Å². The van der Waals surface area contributed by atoms with Crippen LogP contribution >= 0.6 is 0 Å². The minimum Gasteiger partial charge on any atom is -0.444 e. The van der Waals surface area contributed by atoms with Crippen molar-refractivity contribution < 1.29 is 28.7 Å². The van der Waals surface area contributed by atoms with Gasteiger partial charge >= 0.3 is 6.09 Å². The highest BCUT2D eigenvalue weighted by atomic mass is 16.6. The number of hydrogen-bond acceptors (Lipinski definition) is 7. The van der Waals surface area contributed by atoms with Crippen molar-refractivity contribution in [2.75, 3.05) is 11.9 Å². The van der Waals surface area contributed by atoms with Crippen LogP contribution in [-0.2, 0) is 25.7 Å². The summed E-state index contributed by atoms with van der Waals surface area (Å²) in [6, 6.07) is 3.27. The van der Waals surface area contributed by atoms with Crippen LogP contribution in [0.3, 0.4) is 0 Å². The Morgan fingerprint density at radius 3 is 2.65 bits per heavy atom. The van der Waals surface area contributed by atoms with Crippen LogP contribution in [-0.4, -0.2) is 58.9 Å². The summed E-state index contributed by atoms with van der Waals surface area (Å²) in [5.41, 5.74) is 6.22. The summed E-state index contributed by atoms with van der Waals surface area (Å²) in [4.78, 5) is 63.4. The largest absolute Gasteiger partial charge is 0.444 e. The minimum atomic E-state index is -0.891. The van der Waals surface area contributed by atoms with Gasteiger partial charge in [-0.3, -0.25) is 24.5 Å². The van der Waals surface area contributed by atoms with Crippen molar-refractivity contribution in [3.63, 3.8) is 0 Å². The minimum absolute atomic E-state index is 0.115. The maximum atomic E-state index is 13.1. The Labute approximate surface area is 197 Å². The van der Waals surface area contributed by atoms with Crippen LogP contribution in [0.2, 0.25) is 0 Å². The molecule has 0 bridgehead atoms. The third-order valence-corrected chi connectivity index (χ3v) is 5.54. The van der Waals surface area contributed by atoms with E-state index in [4.69, 9.17) is 10.5 Å². The van der Waals surface area contributed by atoms with Gasteiger partial charge in [-0.2, -0.15) is 0 Å². The highest BCUT2D eigenvalue weighted by Gasteiger charge is 2.40. The number of amides is 5. The zero-order chi connectivity index (χ0) is 25.0. The lowest BCUT2D eigenvalue weighted by atomic mass is 10.0. The van der Waals surface area contributed by atoms with Gasteiger partial charge in [0.05, 0.1) is 0 Å². The first-order valence-corrected chi connectivity index (χ1v) is 11.3. The van der Waals surface area contributed by atoms with Crippen molar-refractivity contribution in [1.29, 1.82) is 0 Å². The third kappa shape index (κ3) is 5.90. The maximum Gasteiger partial charge on any atom is 0.408 e. The Bertz CT molecular complexity index is 1000. The monoisotopic (exact) mass is 473 g/mol. The number of imide groups is 1. The lowest BCUT2D eigenvalue weighted by Crippen LogP contribution is -2.52. The molecule has 0 radical (unpaired) electrons. The standard InChI is InChI=1S/C23H31N5O6/c1-23(2,3)34-22(33)26-16(8-5-11-24)19(30)25-15-7-4-6-13-14(15)12-28(21(13)32)17-9-10-18(29)27-20(17)31/h4,6-7,16-17H,5,8-12,24H2,1-3H3,(H,25,30)(H,26,33)(H,27,29,31)/t16-,17?/m1/s1. The molecule has 2 aliphatic heterocycles. The number of benzene rings is 1. The maximum absolute atomic E-state index is 13.1. The van der Waals surface area contributed by atoms with Crippen LogP contribution in [0.5, 0.6) is 0 Å². The Morgan fingerprint density at radius 1 is 1.26 bits per heavy atom. The van der Waals surface area contributed by atoms with E-state index in [1.165, 1.54) is 4.90 Å². The number of hydrogen-bond donors (Lipinski definition) is 4. The number of nitrogens with zero attached hydrogens (tertiary/aromatic N) is 1. The second kappa shape index (κ2) is 10.2. The zero-order valence-corrected chi connectivity index (χ0v) is 19.6. The molecule has 3 rings (SSSR count). The quantitative estimate of drug-likeness (QED) is 0.430. The van der Waals surface area contributed by atoms with Gasteiger partial charge in [0.15, 0.2) is 0 Å². The van der Waals surface area contributed by atoms with E-state index in [9.17, 15) is 24.0 Å². The van der Waals surface area contributed by atoms with Crippen molar-refractivity contribution in [3.05, 3.63) is 29.3 Å². The van der Waals surface area contributed by atoms with Crippen molar-refractivity contribution in [1.82, 2.24) is 15.5 Å². The average molecular weight is 474 g/mol. The predicted octanol–water partition coefficient (Wildman–Crippen LogP) is 1.02. The topological polar surface area (TPSA) is 160 Å². The summed E-state index contributed by atoms with van der Waals surface area (Å²) in [5.74, 6) is -1.68. The zero-order valence-electron chi connectivity index (χ0n) is 19.6. The fourth-order valence-corrected chi connectivity index (χ4v) is 3.96. The van der Waals surface area contributed by atoms with Crippen LogP contribution < -0.4 is 21.7 Å². The Hall–Kier alpha value is -3.47. The van der Waals surface area contributed by atoms with Gasteiger partial charge in [-0.1, -0.05) is 6.07 Å². The van der Waals surface area contributed by atoms with Crippen molar-refractivity contribution >= 4 is 35.4 Å². The number of carbonyl (C=O) groups is 5. The lowest BCUT2D eigenvalue weighted by Gasteiger charge is -2.29. The predicted molar refractivity (Wildman–Crippen MR) is 123 cm³/mol. The molecule has 0 saturated carbocycles. The van der Waals surface area contributed by atoms with E-state index in [1.807, 2.05) is 0 Å².